The zero-order chi connectivity index (χ0) is 32.4. The molecule has 2 fully saturated rings. The Morgan fingerprint density at radius 1 is 1.09 bits per heavy atom. The topological polar surface area (TPSA) is 52.7 Å². The van der Waals surface area contributed by atoms with Gasteiger partial charge in [0.05, 0.1) is 24.1 Å². The number of allylic oxidation sites excluding steroid dienone is 3. The molecule has 0 bridgehead atoms. The summed E-state index contributed by atoms with van der Waals surface area (Å²) < 4.78 is 42.2. The van der Waals surface area contributed by atoms with Gasteiger partial charge in [0, 0.05) is 31.1 Å². The van der Waals surface area contributed by atoms with Gasteiger partial charge in [-0.15, -0.1) is 0 Å². The Bertz CT molecular complexity index is 1440. The molecule has 0 spiro atoms. The molecule has 1 N–H and O–H groups in total. The number of amides is 2. The first-order valence-electron chi connectivity index (χ1n) is 16.3. The van der Waals surface area contributed by atoms with Crippen molar-refractivity contribution < 1.29 is 22.8 Å². The van der Waals surface area contributed by atoms with Gasteiger partial charge in [0.1, 0.15) is 5.82 Å². The first kappa shape index (κ1) is 33.0. The number of hydrogen-bond donors (Lipinski definition) is 1. The molecule has 2 saturated heterocycles. The van der Waals surface area contributed by atoms with E-state index in [1.165, 1.54) is 6.07 Å². The maximum absolute atomic E-state index is 15.0. The van der Waals surface area contributed by atoms with Crippen molar-refractivity contribution in [3.05, 3.63) is 88.8 Å². The van der Waals surface area contributed by atoms with E-state index in [1.54, 1.807) is 24.0 Å². The SMILES string of the molecule is Cc1cccc(F)c1C(=O)N1CCCC(C(=O)Nc2cccc(C(C)(C)C)c2)[C@@H]1C1C=CC(CCCN2CCC(F)(F)C2)=CC1. The molecule has 2 aliphatic heterocycles. The van der Waals surface area contributed by atoms with Gasteiger partial charge in [0.2, 0.25) is 5.91 Å². The van der Waals surface area contributed by atoms with Crippen LogP contribution in [0.15, 0.2) is 66.3 Å². The number of carbonyl (C=O) groups excluding carboxylic acids is 2. The Morgan fingerprint density at radius 2 is 1.87 bits per heavy atom. The predicted octanol–water partition coefficient (Wildman–Crippen LogP) is 7.91. The van der Waals surface area contributed by atoms with Gasteiger partial charge in [-0.05, 0) is 80.3 Å². The highest BCUT2D eigenvalue weighted by Gasteiger charge is 2.43. The molecule has 8 heteroatoms. The average Bonchev–Trinajstić information content (AvgIpc) is 3.34. The standard InChI is InChI=1S/C37H46F3N3O2/c1-25-9-5-14-31(38)32(25)35(45)43-21-8-13-30(34(44)41-29-12-6-11-28(23-29)36(2,3)4)33(43)27-17-15-26(16-18-27)10-7-20-42-22-19-37(39,40)24-42/h5-6,9,11-12,14-17,23,27,30,33H,7-8,10,13,18-22,24H2,1-4H3,(H,41,44)/t27?,30?,33-/m0/s1. The maximum Gasteiger partial charge on any atom is 0.261 e. The van der Waals surface area contributed by atoms with Crippen LogP contribution in [-0.2, 0) is 10.2 Å². The number of anilines is 1. The van der Waals surface area contributed by atoms with Crippen LogP contribution in [-0.4, -0.2) is 59.8 Å². The fourth-order valence-corrected chi connectivity index (χ4v) is 7.04. The lowest BCUT2D eigenvalue weighted by Crippen LogP contribution is -2.55. The van der Waals surface area contributed by atoms with Crippen molar-refractivity contribution in [2.45, 2.75) is 83.6 Å². The van der Waals surface area contributed by atoms with Crippen LogP contribution in [0.5, 0.6) is 0 Å². The Kier molecular flexibility index (Phi) is 9.92. The van der Waals surface area contributed by atoms with Gasteiger partial charge in [0.25, 0.3) is 11.8 Å². The molecule has 0 radical (unpaired) electrons. The van der Waals surface area contributed by atoms with Gasteiger partial charge in [-0.25, -0.2) is 13.2 Å². The van der Waals surface area contributed by atoms with Crippen molar-refractivity contribution in [3.8, 4) is 0 Å². The van der Waals surface area contributed by atoms with Gasteiger partial charge < -0.3 is 10.2 Å². The van der Waals surface area contributed by atoms with Crippen molar-refractivity contribution >= 4 is 17.5 Å². The monoisotopic (exact) mass is 621 g/mol. The van der Waals surface area contributed by atoms with Crippen molar-refractivity contribution in [3.63, 3.8) is 0 Å². The molecule has 3 aliphatic rings. The Labute approximate surface area is 265 Å². The summed E-state index contributed by atoms with van der Waals surface area (Å²) in [7, 11) is 0. The zero-order valence-corrected chi connectivity index (χ0v) is 26.9. The molecule has 2 amide bonds. The molecule has 2 aromatic rings. The summed E-state index contributed by atoms with van der Waals surface area (Å²) in [6, 6.07) is 12.1. The molecular weight excluding hydrogens is 575 g/mol. The largest absolute Gasteiger partial charge is 0.334 e. The molecule has 5 nitrogen and oxygen atoms in total. The minimum atomic E-state index is -2.58. The summed E-state index contributed by atoms with van der Waals surface area (Å²) >= 11 is 0. The number of likely N-dealkylation sites (tertiary alicyclic amines) is 2. The highest BCUT2D eigenvalue weighted by Crippen LogP contribution is 2.37. The number of halogens is 3. The second kappa shape index (κ2) is 13.5. The summed E-state index contributed by atoms with van der Waals surface area (Å²) in [5.74, 6) is -4.26. The Hall–Kier alpha value is -3.39. The second-order valence-corrected chi connectivity index (χ2v) is 14.0. The van der Waals surface area contributed by atoms with Crippen LogP contribution in [0.25, 0.3) is 0 Å². The number of carbonyl (C=O) groups is 2. The van der Waals surface area contributed by atoms with Gasteiger partial charge in [-0.3, -0.25) is 14.5 Å². The smallest absolute Gasteiger partial charge is 0.261 e. The van der Waals surface area contributed by atoms with Crippen molar-refractivity contribution in [1.29, 1.82) is 0 Å². The van der Waals surface area contributed by atoms with Crippen molar-refractivity contribution in [2.75, 3.05) is 31.5 Å². The van der Waals surface area contributed by atoms with E-state index < -0.39 is 23.7 Å². The minimum Gasteiger partial charge on any atom is -0.334 e. The molecule has 1 aliphatic carbocycles. The lowest BCUT2D eigenvalue weighted by Gasteiger charge is -2.44. The van der Waals surface area contributed by atoms with Crippen LogP contribution in [0.1, 0.15) is 80.8 Å². The van der Waals surface area contributed by atoms with Crippen LogP contribution < -0.4 is 5.32 Å². The van der Waals surface area contributed by atoms with E-state index in [1.807, 2.05) is 29.2 Å². The zero-order valence-electron chi connectivity index (χ0n) is 26.9. The maximum atomic E-state index is 15.0. The summed E-state index contributed by atoms with van der Waals surface area (Å²) in [6.45, 7) is 9.46. The van der Waals surface area contributed by atoms with Gasteiger partial charge in [-0.1, -0.05) is 68.8 Å². The highest BCUT2D eigenvalue weighted by molar-refractivity contribution is 5.98. The number of piperidine rings is 1. The van der Waals surface area contributed by atoms with E-state index in [-0.39, 0.29) is 41.7 Å². The van der Waals surface area contributed by atoms with E-state index in [4.69, 9.17) is 0 Å². The van der Waals surface area contributed by atoms with E-state index in [0.717, 1.165) is 29.7 Å². The number of benzene rings is 2. The Morgan fingerprint density at radius 3 is 2.53 bits per heavy atom. The van der Waals surface area contributed by atoms with Crippen LogP contribution in [0.2, 0.25) is 0 Å². The lowest BCUT2D eigenvalue weighted by atomic mass is 9.76. The van der Waals surface area contributed by atoms with E-state index in [9.17, 15) is 18.4 Å². The third-order valence-corrected chi connectivity index (χ3v) is 9.55. The second-order valence-electron chi connectivity index (χ2n) is 14.0. The summed E-state index contributed by atoms with van der Waals surface area (Å²) in [4.78, 5) is 31.5. The molecule has 2 heterocycles. The number of nitrogens with zero attached hydrogens (tertiary/aromatic N) is 2. The van der Waals surface area contributed by atoms with Gasteiger partial charge in [0.15, 0.2) is 0 Å². The number of aryl methyl sites for hydroxylation is 1. The van der Waals surface area contributed by atoms with Crippen molar-refractivity contribution in [1.82, 2.24) is 9.80 Å². The van der Waals surface area contributed by atoms with Crippen molar-refractivity contribution in [2.24, 2.45) is 11.8 Å². The number of hydrogen-bond acceptors (Lipinski definition) is 3. The molecule has 0 saturated carbocycles. The third-order valence-electron chi connectivity index (χ3n) is 9.55. The molecule has 45 heavy (non-hydrogen) atoms. The van der Waals surface area contributed by atoms with Gasteiger partial charge in [-0.2, -0.15) is 0 Å². The first-order chi connectivity index (χ1) is 21.3. The number of rotatable bonds is 8. The van der Waals surface area contributed by atoms with Crippen LogP contribution in [0.3, 0.4) is 0 Å². The summed E-state index contributed by atoms with van der Waals surface area (Å²) in [6.07, 6.45) is 9.69. The summed E-state index contributed by atoms with van der Waals surface area (Å²) in [5, 5.41) is 3.14. The number of nitrogens with one attached hydrogen (secondary N) is 1. The normalized spacial score (nSPS) is 23.6. The van der Waals surface area contributed by atoms with Crippen LogP contribution in [0.4, 0.5) is 18.9 Å². The van der Waals surface area contributed by atoms with E-state index in [0.29, 0.717) is 44.5 Å². The van der Waals surface area contributed by atoms with Crippen LogP contribution in [0, 0.1) is 24.6 Å². The first-order valence-corrected chi connectivity index (χ1v) is 16.3. The third kappa shape index (κ3) is 7.89. The lowest BCUT2D eigenvalue weighted by molar-refractivity contribution is -0.123. The highest BCUT2D eigenvalue weighted by atomic mass is 19.3. The summed E-state index contributed by atoms with van der Waals surface area (Å²) in [5.41, 5.74) is 3.52. The minimum absolute atomic E-state index is 0.0601. The molecule has 0 aromatic heterocycles. The molecular formula is C37H46F3N3O2. The fraction of sp³-hybridized carbons (Fsp3) is 0.514. The molecule has 2 unspecified atom stereocenters. The van der Waals surface area contributed by atoms with Gasteiger partial charge >= 0.3 is 0 Å². The fourth-order valence-electron chi connectivity index (χ4n) is 7.04. The van der Waals surface area contributed by atoms with E-state index >= 15 is 4.39 Å². The Balaban J connectivity index is 1.35. The molecule has 3 atom stereocenters. The molecule has 5 rings (SSSR count). The molecule has 2 aromatic carbocycles. The van der Waals surface area contributed by atoms with E-state index in [2.05, 4.69) is 44.3 Å². The number of alkyl halides is 2. The molecule has 242 valence electrons. The van der Waals surface area contributed by atoms with Crippen LogP contribution >= 0.6 is 0 Å². The quantitative estimate of drug-likeness (QED) is 0.326. The average molecular weight is 622 g/mol. The predicted molar refractivity (Wildman–Crippen MR) is 173 cm³/mol.